The Labute approximate surface area is 121 Å². The van der Waals surface area contributed by atoms with Gasteiger partial charge in [0.25, 0.3) is 0 Å². The van der Waals surface area contributed by atoms with Gasteiger partial charge in [0.15, 0.2) is 0 Å². The second-order valence-electron chi connectivity index (χ2n) is 4.71. The van der Waals surface area contributed by atoms with E-state index in [1.165, 1.54) is 6.07 Å². The number of esters is 1. The number of rotatable bonds is 5. The number of nitrogens with zero attached hydrogens (tertiary/aromatic N) is 1. The molecule has 4 nitrogen and oxygen atoms in total. The molecule has 2 rings (SSSR count). The molecule has 0 bridgehead atoms. The Kier molecular flexibility index (Phi) is 4.57. The summed E-state index contributed by atoms with van der Waals surface area (Å²) < 4.78 is 32.9. The van der Waals surface area contributed by atoms with Crippen LogP contribution in [0.15, 0.2) is 30.5 Å². The number of hydrogen-bond acceptors (Lipinski definition) is 3. The second kappa shape index (κ2) is 6.39. The normalized spacial score (nSPS) is 10.6. The minimum Gasteiger partial charge on any atom is -0.456 e. The first-order valence-corrected chi connectivity index (χ1v) is 6.57. The average Bonchev–Trinajstić information content (AvgIpc) is 2.76. The van der Waals surface area contributed by atoms with E-state index in [0.29, 0.717) is 17.9 Å². The van der Waals surface area contributed by atoms with Crippen LogP contribution < -0.4 is 5.73 Å². The molecule has 0 aliphatic carbocycles. The van der Waals surface area contributed by atoms with Crippen molar-refractivity contribution in [3.63, 3.8) is 0 Å². The van der Waals surface area contributed by atoms with E-state index in [1.54, 1.807) is 10.8 Å². The summed E-state index contributed by atoms with van der Waals surface area (Å²) in [6.45, 7) is 2.40. The van der Waals surface area contributed by atoms with E-state index < -0.39 is 17.6 Å². The summed E-state index contributed by atoms with van der Waals surface area (Å²) in [6, 6.07) is 4.52. The molecule has 0 saturated heterocycles. The highest BCUT2D eigenvalue weighted by molar-refractivity contribution is 5.89. The summed E-state index contributed by atoms with van der Waals surface area (Å²) in [5.74, 6) is -2.00. The van der Waals surface area contributed by atoms with Crippen molar-refractivity contribution in [3.8, 4) is 0 Å². The third-order valence-electron chi connectivity index (χ3n) is 2.88. The number of aromatic nitrogens is 1. The first-order valence-electron chi connectivity index (χ1n) is 6.57. The highest BCUT2D eigenvalue weighted by Gasteiger charge is 2.14. The molecule has 2 N–H and O–H groups in total. The van der Waals surface area contributed by atoms with Gasteiger partial charge in [0.2, 0.25) is 0 Å². The molecule has 0 aliphatic heterocycles. The molecule has 0 amide bonds. The van der Waals surface area contributed by atoms with Crippen molar-refractivity contribution in [1.82, 2.24) is 4.57 Å². The van der Waals surface area contributed by atoms with Crippen molar-refractivity contribution in [3.05, 3.63) is 53.4 Å². The zero-order valence-electron chi connectivity index (χ0n) is 11.6. The van der Waals surface area contributed by atoms with Crippen LogP contribution in [0.4, 0.5) is 14.5 Å². The summed E-state index contributed by atoms with van der Waals surface area (Å²) >= 11 is 0. The first-order chi connectivity index (χ1) is 9.99. The van der Waals surface area contributed by atoms with Crippen LogP contribution >= 0.6 is 0 Å². The smallest absolute Gasteiger partial charge is 0.355 e. The van der Waals surface area contributed by atoms with Crippen LogP contribution in [0, 0.1) is 11.6 Å². The van der Waals surface area contributed by atoms with Crippen molar-refractivity contribution in [2.75, 3.05) is 5.73 Å². The van der Waals surface area contributed by atoms with Gasteiger partial charge in [0, 0.05) is 18.8 Å². The van der Waals surface area contributed by atoms with Gasteiger partial charge in [-0.05, 0) is 30.2 Å². The van der Waals surface area contributed by atoms with Crippen molar-refractivity contribution in [1.29, 1.82) is 0 Å². The first kappa shape index (κ1) is 15.0. The fraction of sp³-hybridized carbons (Fsp3) is 0.267. The highest BCUT2D eigenvalue weighted by atomic mass is 19.1. The highest BCUT2D eigenvalue weighted by Crippen LogP contribution is 2.15. The number of ether oxygens (including phenoxy) is 1. The Balaban J connectivity index is 2.08. The van der Waals surface area contributed by atoms with Crippen LogP contribution in [0.3, 0.4) is 0 Å². The van der Waals surface area contributed by atoms with Crippen LogP contribution in [-0.2, 0) is 17.9 Å². The number of benzene rings is 1. The lowest BCUT2D eigenvalue weighted by molar-refractivity contribution is 0.0459. The molecule has 0 atom stereocenters. The van der Waals surface area contributed by atoms with Gasteiger partial charge in [-0.3, -0.25) is 0 Å². The lowest BCUT2D eigenvalue weighted by atomic mass is 10.2. The van der Waals surface area contributed by atoms with Gasteiger partial charge in [0.05, 0.1) is 5.69 Å². The van der Waals surface area contributed by atoms with Gasteiger partial charge in [-0.15, -0.1) is 0 Å². The summed E-state index contributed by atoms with van der Waals surface area (Å²) in [5, 5.41) is 0. The summed E-state index contributed by atoms with van der Waals surface area (Å²) in [5.41, 5.74) is 6.71. The summed E-state index contributed by atoms with van der Waals surface area (Å²) in [4.78, 5) is 12.0. The lowest BCUT2D eigenvalue weighted by Crippen LogP contribution is -2.12. The Bertz CT molecular complexity index is 633. The molecule has 112 valence electrons. The number of nitrogens with two attached hydrogens (primary N) is 1. The Morgan fingerprint density at radius 1 is 1.24 bits per heavy atom. The van der Waals surface area contributed by atoms with Crippen molar-refractivity contribution in [2.24, 2.45) is 0 Å². The molecule has 1 aromatic carbocycles. The van der Waals surface area contributed by atoms with E-state index >= 15 is 0 Å². The molecular formula is C15H16F2N2O2. The number of aryl methyl sites for hydroxylation is 1. The van der Waals surface area contributed by atoms with Crippen LogP contribution in [0.1, 0.15) is 29.4 Å². The minimum absolute atomic E-state index is 0.204. The third-order valence-corrected chi connectivity index (χ3v) is 2.88. The van der Waals surface area contributed by atoms with Gasteiger partial charge in [-0.1, -0.05) is 6.92 Å². The number of carbonyl (C=O) groups excluding carboxylic acids is 1. The topological polar surface area (TPSA) is 57.2 Å². The number of nitrogen functional groups attached to an aromatic ring is 1. The monoisotopic (exact) mass is 294 g/mol. The zero-order valence-corrected chi connectivity index (χ0v) is 11.6. The summed E-state index contributed by atoms with van der Waals surface area (Å²) in [7, 11) is 0. The van der Waals surface area contributed by atoms with Crippen LogP contribution in [0.2, 0.25) is 0 Å². The standard InChI is InChI=1S/C15H16F2N2O2/c1-2-3-19-8-13(18)7-14(19)15(20)21-9-10-4-11(16)6-12(17)5-10/h4-8H,2-3,9,18H2,1H3. The molecule has 1 aromatic heterocycles. The molecule has 0 radical (unpaired) electrons. The van der Waals surface area contributed by atoms with Crippen LogP contribution in [0.25, 0.3) is 0 Å². The lowest BCUT2D eigenvalue weighted by Gasteiger charge is -2.08. The second-order valence-corrected chi connectivity index (χ2v) is 4.71. The minimum atomic E-state index is -0.709. The van der Waals surface area contributed by atoms with Crippen molar-refractivity contribution in [2.45, 2.75) is 26.5 Å². The van der Waals surface area contributed by atoms with Gasteiger partial charge in [-0.25, -0.2) is 13.6 Å². The van der Waals surface area contributed by atoms with Gasteiger partial charge in [0.1, 0.15) is 23.9 Å². The maximum Gasteiger partial charge on any atom is 0.355 e. The van der Waals surface area contributed by atoms with E-state index in [1.807, 2.05) is 6.92 Å². The summed E-state index contributed by atoms with van der Waals surface area (Å²) in [6.07, 6.45) is 2.49. The number of hydrogen-bond donors (Lipinski definition) is 1. The molecule has 0 fully saturated rings. The van der Waals surface area contributed by atoms with Crippen LogP contribution in [0.5, 0.6) is 0 Å². The van der Waals surface area contributed by atoms with Gasteiger partial charge >= 0.3 is 5.97 Å². The molecule has 21 heavy (non-hydrogen) atoms. The zero-order chi connectivity index (χ0) is 15.4. The van der Waals surface area contributed by atoms with Crippen molar-refractivity contribution >= 4 is 11.7 Å². The predicted octanol–water partition coefficient (Wildman–Crippen LogP) is 3.12. The SMILES string of the molecule is CCCn1cc(N)cc1C(=O)OCc1cc(F)cc(F)c1. The van der Waals surface area contributed by atoms with Crippen molar-refractivity contribution < 1.29 is 18.3 Å². The molecule has 0 saturated carbocycles. The quantitative estimate of drug-likeness (QED) is 0.862. The fourth-order valence-electron chi connectivity index (χ4n) is 2.05. The van der Waals surface area contributed by atoms with Gasteiger partial charge in [-0.2, -0.15) is 0 Å². The molecule has 0 aliphatic rings. The number of anilines is 1. The third kappa shape index (κ3) is 3.81. The maximum atomic E-state index is 13.0. The largest absolute Gasteiger partial charge is 0.456 e. The van der Waals surface area contributed by atoms with Crippen LogP contribution in [-0.4, -0.2) is 10.5 Å². The molecule has 0 unspecified atom stereocenters. The molecule has 0 spiro atoms. The van der Waals surface area contributed by atoms with E-state index in [4.69, 9.17) is 10.5 Å². The molecular weight excluding hydrogens is 278 g/mol. The number of carbonyl (C=O) groups is 1. The van der Waals surface area contributed by atoms with E-state index in [-0.39, 0.29) is 12.2 Å². The average molecular weight is 294 g/mol. The predicted molar refractivity (Wildman–Crippen MR) is 74.6 cm³/mol. The van der Waals surface area contributed by atoms with E-state index in [2.05, 4.69) is 0 Å². The number of halogens is 2. The van der Waals surface area contributed by atoms with E-state index in [0.717, 1.165) is 24.6 Å². The Morgan fingerprint density at radius 2 is 1.90 bits per heavy atom. The molecule has 1 heterocycles. The molecule has 6 heteroatoms. The van der Waals surface area contributed by atoms with E-state index in [9.17, 15) is 13.6 Å². The van der Waals surface area contributed by atoms with Gasteiger partial charge < -0.3 is 15.0 Å². The maximum absolute atomic E-state index is 13.0. The Hall–Kier alpha value is -2.37. The Morgan fingerprint density at radius 3 is 2.52 bits per heavy atom. The fourth-order valence-corrected chi connectivity index (χ4v) is 2.05. The molecule has 2 aromatic rings.